The van der Waals surface area contributed by atoms with Gasteiger partial charge in [-0.2, -0.15) is 23.5 Å². The molecule has 1 atom stereocenters. The van der Waals surface area contributed by atoms with Crippen LogP contribution in [0, 0.1) is 18.3 Å². The van der Waals surface area contributed by atoms with Crippen molar-refractivity contribution >= 4 is 11.0 Å². The normalized spacial score (nSPS) is 13.0. The number of hydrogen-bond acceptors (Lipinski definition) is 4. The van der Waals surface area contributed by atoms with Crippen LogP contribution in [0.1, 0.15) is 35.6 Å². The van der Waals surface area contributed by atoms with Crippen LogP contribution in [0.5, 0.6) is 0 Å². The molecule has 0 aliphatic carbocycles. The summed E-state index contributed by atoms with van der Waals surface area (Å²) in [5.41, 5.74) is -0.559. The van der Waals surface area contributed by atoms with Gasteiger partial charge in [-0.25, -0.2) is 9.67 Å². The minimum Gasteiger partial charge on any atom is -0.310 e. The number of aromatic nitrogens is 4. The summed E-state index contributed by atoms with van der Waals surface area (Å²) in [6.07, 6.45) is -4.42. The van der Waals surface area contributed by atoms with E-state index < -0.39 is 23.3 Å². The first-order valence-electron chi connectivity index (χ1n) is 7.28. The predicted molar refractivity (Wildman–Crippen MR) is 82.9 cm³/mol. The topological polar surface area (TPSA) is 87.4 Å². The fourth-order valence-electron chi connectivity index (χ4n) is 2.60. The Labute approximate surface area is 139 Å². The number of nitrogens with one attached hydrogen (secondary N) is 1. The molecule has 3 rings (SSSR count). The molecule has 0 aliphatic rings. The van der Waals surface area contributed by atoms with Gasteiger partial charge in [0.2, 0.25) is 0 Å². The molecule has 0 amide bonds. The van der Waals surface area contributed by atoms with E-state index in [1.54, 1.807) is 13.8 Å². The summed E-state index contributed by atoms with van der Waals surface area (Å²) >= 11 is 0. The largest absolute Gasteiger partial charge is 0.416 e. The standard InChI is InChI=1S/C16H12F3N5O/c1-8(10-3-5-11(6-4-10)16(17,18)19)24-14-13(12(7-20)23-24)15(25)22-9(2)21-14/h3-6,8H,1-2H3,(H,21,22,25). The Morgan fingerprint density at radius 1 is 1.28 bits per heavy atom. The van der Waals surface area contributed by atoms with E-state index in [0.29, 0.717) is 11.4 Å². The molecule has 6 nitrogen and oxygen atoms in total. The predicted octanol–water partition coefficient (Wildman–Crippen LogP) is 2.93. The van der Waals surface area contributed by atoms with Crippen LogP contribution >= 0.6 is 0 Å². The molecular formula is C16H12F3N5O. The maximum absolute atomic E-state index is 12.7. The van der Waals surface area contributed by atoms with Crippen molar-refractivity contribution in [2.45, 2.75) is 26.1 Å². The van der Waals surface area contributed by atoms with Crippen molar-refractivity contribution in [3.8, 4) is 6.07 Å². The zero-order valence-corrected chi connectivity index (χ0v) is 13.2. The molecular weight excluding hydrogens is 335 g/mol. The summed E-state index contributed by atoms with van der Waals surface area (Å²) < 4.78 is 39.4. The van der Waals surface area contributed by atoms with Crippen LogP contribution in [-0.2, 0) is 6.18 Å². The summed E-state index contributed by atoms with van der Waals surface area (Å²) in [6.45, 7) is 3.29. The fraction of sp³-hybridized carbons (Fsp3) is 0.250. The van der Waals surface area contributed by atoms with Crippen molar-refractivity contribution in [2.75, 3.05) is 0 Å². The first-order chi connectivity index (χ1) is 11.7. The summed E-state index contributed by atoms with van der Waals surface area (Å²) in [5.74, 6) is 0.350. The third kappa shape index (κ3) is 2.87. The molecule has 25 heavy (non-hydrogen) atoms. The number of nitriles is 1. The van der Waals surface area contributed by atoms with Crippen molar-refractivity contribution in [1.29, 1.82) is 5.26 Å². The number of halogens is 3. The number of rotatable bonds is 2. The smallest absolute Gasteiger partial charge is 0.310 e. The summed E-state index contributed by atoms with van der Waals surface area (Å²) in [4.78, 5) is 18.8. The lowest BCUT2D eigenvalue weighted by Crippen LogP contribution is -2.13. The molecule has 0 fully saturated rings. The maximum atomic E-state index is 12.7. The van der Waals surface area contributed by atoms with E-state index in [0.717, 1.165) is 12.1 Å². The van der Waals surface area contributed by atoms with E-state index in [4.69, 9.17) is 0 Å². The van der Waals surface area contributed by atoms with Crippen LogP contribution in [0.3, 0.4) is 0 Å². The highest BCUT2D eigenvalue weighted by Crippen LogP contribution is 2.31. The van der Waals surface area contributed by atoms with Crippen LogP contribution < -0.4 is 5.56 Å². The molecule has 0 spiro atoms. The molecule has 2 aromatic heterocycles. The number of alkyl halides is 3. The third-order valence-corrected chi connectivity index (χ3v) is 3.87. The Hall–Kier alpha value is -3.15. The molecule has 0 saturated heterocycles. The first kappa shape index (κ1) is 16.7. The number of hydrogen-bond donors (Lipinski definition) is 1. The molecule has 128 valence electrons. The fourth-order valence-corrected chi connectivity index (χ4v) is 2.60. The second-order valence-electron chi connectivity index (χ2n) is 5.55. The number of benzene rings is 1. The van der Waals surface area contributed by atoms with E-state index >= 15 is 0 Å². The van der Waals surface area contributed by atoms with Crippen molar-refractivity contribution in [3.63, 3.8) is 0 Å². The Kier molecular flexibility index (Phi) is 3.83. The average Bonchev–Trinajstić information content (AvgIpc) is 2.92. The summed E-state index contributed by atoms with van der Waals surface area (Å²) in [6, 6.07) is 5.97. The highest BCUT2D eigenvalue weighted by molar-refractivity contribution is 5.80. The monoisotopic (exact) mass is 347 g/mol. The molecule has 2 heterocycles. The van der Waals surface area contributed by atoms with Crippen LogP contribution in [0.15, 0.2) is 29.1 Å². The Balaban J connectivity index is 2.13. The van der Waals surface area contributed by atoms with Gasteiger partial charge in [0.1, 0.15) is 17.3 Å². The lowest BCUT2D eigenvalue weighted by Gasteiger charge is -2.14. The number of H-pyrrole nitrogens is 1. The van der Waals surface area contributed by atoms with Gasteiger partial charge in [-0.3, -0.25) is 4.79 Å². The SMILES string of the molecule is Cc1nc2c(c(C#N)nn2C(C)c2ccc(C(F)(F)F)cc2)c(=O)[nH]1. The van der Waals surface area contributed by atoms with Gasteiger partial charge < -0.3 is 4.98 Å². The number of aryl methyl sites for hydroxylation is 1. The molecule has 9 heteroatoms. The minimum absolute atomic E-state index is 0.0619. The lowest BCUT2D eigenvalue weighted by molar-refractivity contribution is -0.137. The molecule has 1 N–H and O–H groups in total. The molecule has 0 aliphatic heterocycles. The van der Waals surface area contributed by atoms with Crippen LogP contribution in [0.4, 0.5) is 13.2 Å². The van der Waals surface area contributed by atoms with Crippen molar-refractivity contribution in [1.82, 2.24) is 19.7 Å². The van der Waals surface area contributed by atoms with E-state index in [1.807, 2.05) is 6.07 Å². The molecule has 0 saturated carbocycles. The number of aromatic amines is 1. The van der Waals surface area contributed by atoms with Gasteiger partial charge >= 0.3 is 6.18 Å². The van der Waals surface area contributed by atoms with E-state index in [9.17, 15) is 23.2 Å². The minimum atomic E-state index is -4.42. The molecule has 1 aromatic carbocycles. The van der Waals surface area contributed by atoms with Gasteiger partial charge in [-0.05, 0) is 31.5 Å². The van der Waals surface area contributed by atoms with Gasteiger partial charge in [0.25, 0.3) is 5.56 Å². The average molecular weight is 347 g/mol. The van der Waals surface area contributed by atoms with Crippen LogP contribution in [-0.4, -0.2) is 19.7 Å². The molecule has 1 unspecified atom stereocenters. The van der Waals surface area contributed by atoms with Crippen LogP contribution in [0.2, 0.25) is 0 Å². The van der Waals surface area contributed by atoms with Gasteiger partial charge in [0.05, 0.1) is 11.6 Å². The number of nitrogens with zero attached hydrogens (tertiary/aromatic N) is 4. The maximum Gasteiger partial charge on any atom is 0.416 e. The molecule has 0 bridgehead atoms. The Morgan fingerprint density at radius 3 is 2.48 bits per heavy atom. The zero-order chi connectivity index (χ0) is 18.4. The lowest BCUT2D eigenvalue weighted by atomic mass is 10.1. The number of fused-ring (bicyclic) bond motifs is 1. The van der Waals surface area contributed by atoms with Gasteiger partial charge in [0.15, 0.2) is 11.3 Å². The van der Waals surface area contributed by atoms with Gasteiger partial charge in [-0.1, -0.05) is 12.1 Å². The Morgan fingerprint density at radius 2 is 1.92 bits per heavy atom. The molecule has 3 aromatic rings. The van der Waals surface area contributed by atoms with E-state index in [-0.39, 0.29) is 16.7 Å². The van der Waals surface area contributed by atoms with Crippen LogP contribution in [0.25, 0.3) is 11.0 Å². The van der Waals surface area contributed by atoms with Crippen molar-refractivity contribution in [3.05, 3.63) is 57.3 Å². The molecule has 0 radical (unpaired) electrons. The van der Waals surface area contributed by atoms with Crippen molar-refractivity contribution < 1.29 is 13.2 Å². The zero-order valence-electron chi connectivity index (χ0n) is 13.2. The van der Waals surface area contributed by atoms with E-state index in [1.165, 1.54) is 16.8 Å². The summed E-state index contributed by atoms with van der Waals surface area (Å²) in [7, 11) is 0. The first-order valence-corrected chi connectivity index (χ1v) is 7.28. The van der Waals surface area contributed by atoms with Crippen molar-refractivity contribution in [2.24, 2.45) is 0 Å². The highest BCUT2D eigenvalue weighted by atomic mass is 19.4. The quantitative estimate of drug-likeness (QED) is 0.772. The van der Waals surface area contributed by atoms with Gasteiger partial charge in [-0.15, -0.1) is 0 Å². The highest BCUT2D eigenvalue weighted by Gasteiger charge is 2.30. The van der Waals surface area contributed by atoms with E-state index in [2.05, 4.69) is 15.1 Å². The van der Waals surface area contributed by atoms with Gasteiger partial charge in [0, 0.05) is 0 Å². The second kappa shape index (κ2) is 5.73. The summed E-state index contributed by atoms with van der Waals surface area (Å²) in [5, 5.41) is 13.4. The Bertz CT molecular complexity index is 1040. The third-order valence-electron chi connectivity index (χ3n) is 3.87. The second-order valence-corrected chi connectivity index (χ2v) is 5.55.